The van der Waals surface area contributed by atoms with Crippen LogP contribution in [0.4, 0.5) is 0 Å². The van der Waals surface area contributed by atoms with Crippen molar-refractivity contribution in [2.24, 2.45) is 0 Å². The molecular weight excluding hydrogens is 332 g/mol. The molecule has 0 aromatic carbocycles. The van der Waals surface area contributed by atoms with Crippen molar-refractivity contribution in [1.29, 1.82) is 0 Å². The first-order valence-corrected chi connectivity index (χ1v) is 7.46. The molecule has 0 saturated carbocycles. The highest BCUT2D eigenvalue weighted by Crippen LogP contribution is 2.29. The molecule has 2 rings (SSSR count). The number of ether oxygens (including phenoxy) is 4. The average molecular weight is 356 g/mol. The molecule has 0 aromatic rings. The van der Waals surface area contributed by atoms with Crippen molar-refractivity contribution < 1.29 is 54.7 Å². The molecule has 24 heavy (non-hydrogen) atoms. The lowest BCUT2D eigenvalue weighted by Gasteiger charge is -2.45. The average Bonchev–Trinajstić information content (AvgIpc) is 2.59. The van der Waals surface area contributed by atoms with Crippen molar-refractivity contribution in [3.63, 3.8) is 0 Å². The van der Waals surface area contributed by atoms with Crippen LogP contribution in [0, 0.1) is 0 Å². The summed E-state index contributed by atoms with van der Waals surface area (Å²) >= 11 is 0. The van der Waals surface area contributed by atoms with E-state index in [0.29, 0.717) is 0 Å². The lowest BCUT2D eigenvalue weighted by Crippen LogP contribution is -2.64. The van der Waals surface area contributed by atoms with E-state index >= 15 is 0 Å². The highest BCUT2D eigenvalue weighted by atomic mass is 16.7. The van der Waals surface area contributed by atoms with Gasteiger partial charge in [-0.05, 0) is 0 Å². The van der Waals surface area contributed by atoms with Gasteiger partial charge in [-0.2, -0.15) is 0 Å². The highest BCUT2D eigenvalue weighted by molar-refractivity contribution is 4.93. The van der Waals surface area contributed by atoms with E-state index in [-0.39, 0.29) is 0 Å². The van der Waals surface area contributed by atoms with Crippen LogP contribution in [0.3, 0.4) is 0 Å². The molecule has 11 nitrogen and oxygen atoms in total. The molecule has 0 bridgehead atoms. The summed E-state index contributed by atoms with van der Waals surface area (Å²) in [5, 5.41) is 68.0. The van der Waals surface area contributed by atoms with Crippen molar-refractivity contribution in [3.8, 4) is 0 Å². The third kappa shape index (κ3) is 3.71. The van der Waals surface area contributed by atoms with Crippen LogP contribution in [-0.2, 0) is 18.9 Å². The largest absolute Gasteiger partial charge is 0.394 e. The normalized spacial score (nSPS) is 50.0. The summed E-state index contributed by atoms with van der Waals surface area (Å²) in [7, 11) is 1.24. The Balaban J connectivity index is 2.12. The van der Waals surface area contributed by atoms with Crippen LogP contribution >= 0.6 is 0 Å². The fourth-order valence-corrected chi connectivity index (χ4v) is 2.75. The van der Waals surface area contributed by atoms with Crippen LogP contribution in [0.5, 0.6) is 0 Å². The Bertz CT molecular complexity index is 392. The van der Waals surface area contributed by atoms with E-state index in [1.165, 1.54) is 7.11 Å². The molecular formula is C13H24O11. The Hall–Kier alpha value is -0.440. The summed E-state index contributed by atoms with van der Waals surface area (Å²) in [6, 6.07) is 0. The van der Waals surface area contributed by atoms with Gasteiger partial charge in [-0.3, -0.25) is 0 Å². The maximum absolute atomic E-state index is 10.2. The summed E-state index contributed by atoms with van der Waals surface area (Å²) in [5.74, 6) is 0. The summed E-state index contributed by atoms with van der Waals surface area (Å²) in [6.07, 6.45) is -14.3. The van der Waals surface area contributed by atoms with E-state index in [9.17, 15) is 30.6 Å². The van der Waals surface area contributed by atoms with Gasteiger partial charge in [0.1, 0.15) is 48.8 Å². The van der Waals surface area contributed by atoms with Gasteiger partial charge in [0.25, 0.3) is 0 Å². The zero-order valence-electron chi connectivity index (χ0n) is 13.0. The topological polar surface area (TPSA) is 179 Å². The SMILES string of the molecule is CO[C@H]1OC(CO)[C@@H](O[C@@H]2OC(CO)[C@H](O)[C@H](O)C2O)C(O)C1O. The number of methoxy groups -OCH3 is 1. The Labute approximate surface area is 137 Å². The molecule has 2 heterocycles. The van der Waals surface area contributed by atoms with Crippen molar-refractivity contribution in [1.82, 2.24) is 0 Å². The van der Waals surface area contributed by atoms with Gasteiger partial charge < -0.3 is 54.7 Å². The summed E-state index contributed by atoms with van der Waals surface area (Å²) < 4.78 is 20.6. The number of aliphatic hydroxyl groups is 7. The van der Waals surface area contributed by atoms with Gasteiger partial charge in [0.15, 0.2) is 12.6 Å². The van der Waals surface area contributed by atoms with E-state index in [4.69, 9.17) is 24.1 Å². The predicted octanol–water partition coefficient (Wildman–Crippen LogP) is -4.74. The number of rotatable bonds is 5. The van der Waals surface area contributed by atoms with E-state index in [2.05, 4.69) is 0 Å². The minimum absolute atomic E-state index is 0.592. The molecule has 0 radical (unpaired) electrons. The van der Waals surface area contributed by atoms with Gasteiger partial charge >= 0.3 is 0 Å². The highest BCUT2D eigenvalue weighted by Gasteiger charge is 2.50. The quantitative estimate of drug-likeness (QED) is 0.251. The maximum Gasteiger partial charge on any atom is 0.187 e. The Morgan fingerprint density at radius 1 is 0.708 bits per heavy atom. The van der Waals surface area contributed by atoms with E-state index in [0.717, 1.165) is 0 Å². The Morgan fingerprint density at radius 2 is 1.25 bits per heavy atom. The third-order valence-corrected chi connectivity index (χ3v) is 4.19. The first-order valence-electron chi connectivity index (χ1n) is 7.46. The minimum Gasteiger partial charge on any atom is -0.394 e. The second-order valence-corrected chi connectivity index (χ2v) is 5.74. The Morgan fingerprint density at radius 3 is 1.79 bits per heavy atom. The summed E-state index contributed by atoms with van der Waals surface area (Å²) in [5.41, 5.74) is 0. The second kappa shape index (κ2) is 8.29. The molecule has 2 aliphatic heterocycles. The molecule has 10 atom stereocenters. The molecule has 0 aromatic heterocycles. The van der Waals surface area contributed by atoms with Crippen LogP contribution in [-0.4, -0.2) is 117 Å². The van der Waals surface area contributed by atoms with E-state index in [1.807, 2.05) is 0 Å². The molecule has 7 N–H and O–H groups in total. The molecule has 2 aliphatic rings. The van der Waals surface area contributed by atoms with Gasteiger partial charge in [0, 0.05) is 7.11 Å². The van der Waals surface area contributed by atoms with Crippen LogP contribution in [0.1, 0.15) is 0 Å². The molecule has 0 aliphatic carbocycles. The molecule has 142 valence electrons. The third-order valence-electron chi connectivity index (χ3n) is 4.19. The van der Waals surface area contributed by atoms with Gasteiger partial charge in [0.2, 0.25) is 0 Å². The molecule has 0 amide bonds. The minimum atomic E-state index is -1.69. The van der Waals surface area contributed by atoms with Crippen LogP contribution in [0.2, 0.25) is 0 Å². The van der Waals surface area contributed by atoms with Crippen LogP contribution in [0.15, 0.2) is 0 Å². The number of aliphatic hydroxyl groups excluding tert-OH is 7. The molecule has 5 unspecified atom stereocenters. The lowest BCUT2D eigenvalue weighted by atomic mass is 9.97. The maximum atomic E-state index is 10.2. The first-order chi connectivity index (χ1) is 11.3. The summed E-state index contributed by atoms with van der Waals surface area (Å²) in [4.78, 5) is 0. The number of hydrogen-bond donors (Lipinski definition) is 7. The predicted molar refractivity (Wildman–Crippen MR) is 73.4 cm³/mol. The van der Waals surface area contributed by atoms with Gasteiger partial charge in [0.05, 0.1) is 13.2 Å². The van der Waals surface area contributed by atoms with Crippen molar-refractivity contribution in [2.75, 3.05) is 20.3 Å². The second-order valence-electron chi connectivity index (χ2n) is 5.74. The zero-order chi connectivity index (χ0) is 18.0. The van der Waals surface area contributed by atoms with Crippen molar-refractivity contribution >= 4 is 0 Å². The fourth-order valence-electron chi connectivity index (χ4n) is 2.75. The fraction of sp³-hybridized carbons (Fsp3) is 1.00. The zero-order valence-corrected chi connectivity index (χ0v) is 13.0. The van der Waals surface area contributed by atoms with Crippen molar-refractivity contribution in [2.45, 2.75) is 61.4 Å². The van der Waals surface area contributed by atoms with Gasteiger partial charge in [-0.15, -0.1) is 0 Å². The number of hydrogen-bond acceptors (Lipinski definition) is 11. The van der Waals surface area contributed by atoms with Gasteiger partial charge in [-0.25, -0.2) is 0 Å². The lowest BCUT2D eigenvalue weighted by molar-refractivity contribution is -0.357. The molecule has 11 heteroatoms. The monoisotopic (exact) mass is 356 g/mol. The smallest absolute Gasteiger partial charge is 0.187 e. The van der Waals surface area contributed by atoms with Crippen LogP contribution < -0.4 is 0 Å². The Kier molecular flexibility index (Phi) is 6.87. The van der Waals surface area contributed by atoms with E-state index < -0.39 is 74.6 Å². The van der Waals surface area contributed by atoms with Crippen LogP contribution in [0.25, 0.3) is 0 Å². The van der Waals surface area contributed by atoms with Crippen molar-refractivity contribution in [3.05, 3.63) is 0 Å². The molecule has 2 fully saturated rings. The molecule has 2 saturated heterocycles. The summed E-state index contributed by atoms with van der Waals surface area (Å²) in [6.45, 7) is -1.24. The van der Waals surface area contributed by atoms with Gasteiger partial charge in [-0.1, -0.05) is 0 Å². The standard InChI is InChI=1S/C13H24O11/c1-21-12-10(20)8(18)11(5(3-15)23-12)24-13-9(19)7(17)6(16)4(2-14)22-13/h4-20H,2-3H2,1H3/t4?,5?,6-,7-,8?,9?,10?,11+,12-,13-/m0/s1. The first kappa shape index (κ1) is 19.9. The molecule has 0 spiro atoms. The van der Waals surface area contributed by atoms with E-state index in [1.54, 1.807) is 0 Å².